The van der Waals surface area contributed by atoms with E-state index in [1.165, 1.54) is 0 Å². The number of hydrogen-bond acceptors (Lipinski definition) is 5. The molecule has 0 heterocycles. The lowest BCUT2D eigenvalue weighted by molar-refractivity contribution is -0.162. The van der Waals surface area contributed by atoms with Gasteiger partial charge in [0, 0.05) is 6.42 Å². The molecule has 1 rings (SSSR count). The Labute approximate surface area is 127 Å². The number of rotatable bonds is 5. The summed E-state index contributed by atoms with van der Waals surface area (Å²) in [4.78, 5) is 24.6. The van der Waals surface area contributed by atoms with Gasteiger partial charge in [-0.3, -0.25) is 9.59 Å². The monoisotopic (exact) mass is 318 g/mol. The quantitative estimate of drug-likeness (QED) is 0.574. The highest BCUT2D eigenvalue weighted by Gasteiger charge is 2.48. The van der Waals surface area contributed by atoms with Gasteiger partial charge in [0.05, 0.1) is 17.1 Å². The maximum atomic E-state index is 12.3. The van der Waals surface area contributed by atoms with Crippen LogP contribution in [0.2, 0.25) is 0 Å². The molecular formula is C15H26O5S. The molecule has 6 heteroatoms. The lowest BCUT2D eigenvalue weighted by atomic mass is 9.71. The Morgan fingerprint density at radius 2 is 1.90 bits per heavy atom. The van der Waals surface area contributed by atoms with Gasteiger partial charge in [0.1, 0.15) is 11.2 Å². The van der Waals surface area contributed by atoms with Gasteiger partial charge in [-0.15, -0.1) is 0 Å². The fourth-order valence-corrected chi connectivity index (χ4v) is 3.79. The van der Waals surface area contributed by atoms with Crippen LogP contribution in [0, 0.1) is 5.41 Å². The van der Waals surface area contributed by atoms with Crippen LogP contribution in [0.5, 0.6) is 0 Å². The summed E-state index contributed by atoms with van der Waals surface area (Å²) in [5.41, 5.74) is -1.26. The van der Waals surface area contributed by atoms with Crippen LogP contribution in [0.4, 0.5) is 0 Å². The SMILES string of the molecule is CCOC(=O)C1(CCS(=O)(=O)C(C)(C)C)CCCCC1=O. The highest BCUT2D eigenvalue weighted by molar-refractivity contribution is 7.92. The second-order valence-corrected chi connectivity index (χ2v) is 9.48. The Morgan fingerprint density at radius 1 is 1.29 bits per heavy atom. The number of ketones is 1. The first-order valence-corrected chi connectivity index (χ1v) is 9.15. The first kappa shape index (κ1) is 18.1. The number of carbonyl (C=O) groups is 2. The molecule has 0 spiro atoms. The van der Waals surface area contributed by atoms with Crippen LogP contribution in [0.15, 0.2) is 0 Å². The van der Waals surface area contributed by atoms with Crippen molar-refractivity contribution in [1.29, 1.82) is 0 Å². The van der Waals surface area contributed by atoms with E-state index in [0.717, 1.165) is 12.8 Å². The molecule has 1 aliphatic carbocycles. The van der Waals surface area contributed by atoms with Crippen LogP contribution < -0.4 is 0 Å². The smallest absolute Gasteiger partial charge is 0.319 e. The predicted molar refractivity (Wildman–Crippen MR) is 80.7 cm³/mol. The highest BCUT2D eigenvalue weighted by atomic mass is 32.2. The molecule has 0 aliphatic heterocycles. The zero-order chi connectivity index (χ0) is 16.3. The van der Waals surface area contributed by atoms with E-state index in [9.17, 15) is 18.0 Å². The highest BCUT2D eigenvalue weighted by Crippen LogP contribution is 2.39. The van der Waals surface area contributed by atoms with E-state index >= 15 is 0 Å². The van der Waals surface area contributed by atoms with Crippen molar-refractivity contribution < 1.29 is 22.7 Å². The van der Waals surface area contributed by atoms with Gasteiger partial charge in [-0.05, 0) is 47.0 Å². The lowest BCUT2D eigenvalue weighted by Gasteiger charge is -2.34. The average Bonchev–Trinajstić information content (AvgIpc) is 2.37. The number of esters is 1. The summed E-state index contributed by atoms with van der Waals surface area (Å²) in [7, 11) is -3.37. The molecule has 1 aliphatic rings. The van der Waals surface area contributed by atoms with Crippen molar-refractivity contribution in [3.8, 4) is 0 Å². The van der Waals surface area contributed by atoms with Crippen molar-refractivity contribution in [2.24, 2.45) is 5.41 Å². The minimum absolute atomic E-state index is 0.0320. The van der Waals surface area contributed by atoms with Crippen molar-refractivity contribution in [2.75, 3.05) is 12.4 Å². The summed E-state index contributed by atoms with van der Waals surface area (Å²) in [5, 5.41) is 0. The van der Waals surface area contributed by atoms with Gasteiger partial charge < -0.3 is 4.74 Å². The number of sulfone groups is 1. The normalized spacial score (nSPS) is 23.9. The number of Topliss-reactive ketones (excluding diaryl/α,β-unsaturated/α-hetero) is 1. The van der Waals surface area contributed by atoms with E-state index in [1.54, 1.807) is 27.7 Å². The number of carbonyl (C=O) groups excluding carboxylic acids is 2. The van der Waals surface area contributed by atoms with Crippen LogP contribution >= 0.6 is 0 Å². The molecular weight excluding hydrogens is 292 g/mol. The van der Waals surface area contributed by atoms with Gasteiger partial charge in [-0.25, -0.2) is 8.42 Å². The average molecular weight is 318 g/mol. The molecule has 1 saturated carbocycles. The molecule has 21 heavy (non-hydrogen) atoms. The molecule has 5 nitrogen and oxygen atoms in total. The van der Waals surface area contributed by atoms with E-state index in [2.05, 4.69) is 0 Å². The molecule has 0 amide bonds. The fourth-order valence-electron chi connectivity index (χ4n) is 2.56. The Bertz CT molecular complexity index is 501. The summed E-state index contributed by atoms with van der Waals surface area (Å²) < 4.78 is 28.7. The first-order valence-electron chi connectivity index (χ1n) is 7.49. The maximum absolute atomic E-state index is 12.3. The van der Waals surface area contributed by atoms with Crippen LogP contribution in [0.3, 0.4) is 0 Å². The molecule has 1 fully saturated rings. The predicted octanol–water partition coefficient (Wildman–Crippen LogP) is 2.28. The van der Waals surface area contributed by atoms with Gasteiger partial charge in [-0.2, -0.15) is 0 Å². The number of hydrogen-bond donors (Lipinski definition) is 0. The maximum Gasteiger partial charge on any atom is 0.319 e. The second-order valence-electron chi connectivity index (χ2n) is 6.61. The third-order valence-electron chi connectivity index (χ3n) is 4.19. The van der Waals surface area contributed by atoms with E-state index < -0.39 is 26.0 Å². The molecule has 0 aromatic carbocycles. The van der Waals surface area contributed by atoms with Crippen molar-refractivity contribution in [3.63, 3.8) is 0 Å². The zero-order valence-electron chi connectivity index (χ0n) is 13.4. The largest absolute Gasteiger partial charge is 0.465 e. The van der Waals surface area contributed by atoms with Gasteiger partial charge >= 0.3 is 5.97 Å². The first-order chi connectivity index (χ1) is 9.57. The molecule has 122 valence electrons. The second kappa shape index (κ2) is 6.46. The minimum Gasteiger partial charge on any atom is -0.465 e. The van der Waals surface area contributed by atoms with Gasteiger partial charge in [0.25, 0.3) is 0 Å². The Morgan fingerprint density at radius 3 is 2.38 bits per heavy atom. The lowest BCUT2D eigenvalue weighted by Crippen LogP contribution is -2.45. The molecule has 0 bridgehead atoms. The van der Waals surface area contributed by atoms with Crippen molar-refractivity contribution in [1.82, 2.24) is 0 Å². The molecule has 0 N–H and O–H groups in total. The molecule has 0 aromatic heterocycles. The molecule has 1 unspecified atom stereocenters. The Kier molecular flexibility index (Phi) is 5.58. The van der Waals surface area contributed by atoms with Gasteiger partial charge in [0.15, 0.2) is 9.84 Å². The van der Waals surface area contributed by atoms with Crippen LogP contribution in [0.1, 0.15) is 59.8 Å². The summed E-state index contributed by atoms with van der Waals surface area (Å²) in [5.74, 6) is -0.892. The van der Waals surface area contributed by atoms with E-state index in [4.69, 9.17) is 4.74 Å². The minimum atomic E-state index is -3.37. The van der Waals surface area contributed by atoms with E-state index in [1.807, 2.05) is 0 Å². The van der Waals surface area contributed by atoms with Crippen LogP contribution in [-0.2, 0) is 24.2 Å². The van der Waals surface area contributed by atoms with Gasteiger partial charge in [0.2, 0.25) is 0 Å². The summed E-state index contributed by atoms with van der Waals surface area (Å²) in [6.07, 6.45) is 2.26. The topological polar surface area (TPSA) is 77.5 Å². The van der Waals surface area contributed by atoms with E-state index in [0.29, 0.717) is 12.8 Å². The molecule has 0 aromatic rings. The molecule has 1 atom stereocenters. The Balaban J connectivity index is 3.00. The third kappa shape index (κ3) is 3.84. The third-order valence-corrected chi connectivity index (χ3v) is 6.80. The van der Waals surface area contributed by atoms with Crippen molar-refractivity contribution in [2.45, 2.75) is 64.5 Å². The van der Waals surface area contributed by atoms with Crippen LogP contribution in [0.25, 0.3) is 0 Å². The van der Waals surface area contributed by atoms with E-state index in [-0.39, 0.29) is 24.6 Å². The zero-order valence-corrected chi connectivity index (χ0v) is 14.2. The summed E-state index contributed by atoms with van der Waals surface area (Å²) in [6.45, 7) is 6.76. The van der Waals surface area contributed by atoms with Crippen molar-refractivity contribution in [3.05, 3.63) is 0 Å². The summed E-state index contributed by atoms with van der Waals surface area (Å²) >= 11 is 0. The number of ether oxygens (including phenoxy) is 1. The fraction of sp³-hybridized carbons (Fsp3) is 0.867. The van der Waals surface area contributed by atoms with Gasteiger partial charge in [-0.1, -0.05) is 6.42 Å². The summed E-state index contributed by atoms with van der Waals surface area (Å²) in [6, 6.07) is 0. The Hall–Kier alpha value is -0.910. The molecule has 0 saturated heterocycles. The standard InChI is InChI=1S/C15H26O5S/c1-5-20-13(17)15(9-7-6-8-12(15)16)10-11-21(18,19)14(2,3)4/h5-11H2,1-4H3. The van der Waals surface area contributed by atoms with Crippen molar-refractivity contribution >= 4 is 21.6 Å². The van der Waals surface area contributed by atoms with Crippen LogP contribution in [-0.4, -0.2) is 37.3 Å². The molecule has 0 radical (unpaired) electrons.